The lowest BCUT2D eigenvalue weighted by Crippen LogP contribution is -2.42. The van der Waals surface area contributed by atoms with Crippen molar-refractivity contribution in [1.29, 1.82) is 0 Å². The van der Waals surface area contributed by atoms with Gasteiger partial charge >= 0.3 is 10.8 Å². The lowest BCUT2D eigenvalue weighted by molar-refractivity contribution is -0.142. The predicted molar refractivity (Wildman–Crippen MR) is 127 cm³/mol. The summed E-state index contributed by atoms with van der Waals surface area (Å²) in [7, 11) is 1.49. The number of aromatic amines is 1. The zero-order chi connectivity index (χ0) is 24.6. The molecule has 9 nitrogen and oxygen atoms in total. The van der Waals surface area contributed by atoms with E-state index >= 15 is 0 Å². The number of ether oxygens (including phenoxy) is 1. The number of carbonyl (C=O) groups excluding carboxylic acids is 2. The van der Waals surface area contributed by atoms with Crippen LogP contribution in [-0.4, -0.2) is 56.8 Å². The van der Waals surface area contributed by atoms with E-state index in [1.807, 2.05) is 6.07 Å². The lowest BCUT2D eigenvalue weighted by atomic mass is 9.68. The molecular weight excluding hydrogens is 492 g/mol. The number of methoxy groups -OCH3 is 1. The van der Waals surface area contributed by atoms with Gasteiger partial charge in [0.2, 0.25) is 11.8 Å². The third kappa shape index (κ3) is 3.27. The molecule has 1 aromatic carbocycles. The summed E-state index contributed by atoms with van der Waals surface area (Å²) in [5.74, 6) is -1.82. The summed E-state index contributed by atoms with van der Waals surface area (Å²) in [6, 6.07) is 5.22. The molecule has 7 atom stereocenters. The van der Waals surface area contributed by atoms with Gasteiger partial charge in [0.15, 0.2) is 11.5 Å². The van der Waals surface area contributed by atoms with E-state index in [0.29, 0.717) is 5.75 Å². The third-order valence-corrected chi connectivity index (χ3v) is 10.7. The minimum Gasteiger partial charge on any atom is -0.504 e. The number of hydrogen-bond donors (Lipinski definition) is 3. The number of benzene rings is 1. The van der Waals surface area contributed by atoms with Crippen LogP contribution in [0, 0.1) is 29.6 Å². The minimum atomic E-state index is -0.945. The molecule has 0 spiro atoms. The van der Waals surface area contributed by atoms with E-state index in [4.69, 9.17) is 9.84 Å². The van der Waals surface area contributed by atoms with E-state index in [2.05, 4.69) is 4.98 Å². The zero-order valence-corrected chi connectivity index (χ0v) is 20.4. The molecule has 1 aromatic heterocycles. The van der Waals surface area contributed by atoms with Crippen molar-refractivity contribution in [1.82, 2.24) is 9.88 Å². The summed E-state index contributed by atoms with van der Waals surface area (Å²) >= 11 is 2.79. The van der Waals surface area contributed by atoms with Crippen molar-refractivity contribution in [2.75, 3.05) is 13.7 Å². The average Bonchev–Trinajstić information content (AvgIpc) is 3.54. The van der Waals surface area contributed by atoms with Gasteiger partial charge in [0, 0.05) is 29.0 Å². The Morgan fingerprint density at radius 2 is 1.94 bits per heavy atom. The lowest BCUT2D eigenvalue weighted by Gasteiger charge is -2.43. The van der Waals surface area contributed by atoms with Crippen LogP contribution in [0.15, 0.2) is 28.0 Å². The van der Waals surface area contributed by atoms with Gasteiger partial charge in [0.05, 0.1) is 24.0 Å². The van der Waals surface area contributed by atoms with E-state index in [1.165, 1.54) is 23.3 Å². The normalized spacial score (nSPS) is 32.5. The fraction of sp³-hybridized carbons (Fsp3) is 0.500. The largest absolute Gasteiger partial charge is 0.504 e. The molecule has 184 valence electrons. The number of amides is 2. The maximum atomic E-state index is 13.4. The van der Waals surface area contributed by atoms with Gasteiger partial charge in [-0.25, -0.2) is 0 Å². The van der Waals surface area contributed by atoms with Crippen LogP contribution in [0.3, 0.4) is 0 Å². The van der Waals surface area contributed by atoms with Crippen molar-refractivity contribution in [3.05, 3.63) is 38.3 Å². The third-order valence-electron chi connectivity index (χ3n) is 8.15. The van der Waals surface area contributed by atoms with Gasteiger partial charge in [-0.15, -0.1) is 11.8 Å². The number of carboxylic acids is 1. The van der Waals surface area contributed by atoms with Gasteiger partial charge in [-0.3, -0.25) is 24.1 Å². The number of carbonyl (C=O) groups is 3. The second-order valence-electron chi connectivity index (χ2n) is 9.72. The van der Waals surface area contributed by atoms with Crippen LogP contribution in [0.2, 0.25) is 0 Å². The topological polar surface area (TPSA) is 137 Å². The second kappa shape index (κ2) is 8.12. The number of fused-ring (bicyclic) bond motifs is 9. The van der Waals surface area contributed by atoms with Gasteiger partial charge in [0.1, 0.15) is 0 Å². The number of likely N-dealkylation sites (tertiary alicyclic amines) is 1. The Labute approximate surface area is 208 Å². The molecule has 2 amide bonds. The fourth-order valence-electron chi connectivity index (χ4n) is 6.95. The Hall–Kier alpha value is -2.79. The number of hydrogen-bond acceptors (Lipinski definition) is 8. The first-order chi connectivity index (χ1) is 16.8. The molecule has 0 unspecified atom stereocenters. The SMILES string of the molecule is COc1cc([C@@H]2c3sc(=O)[nH]c3S[C@@H]3[C@@H]4C[C@H]([C@H]5C(=O)N(CCCC(=O)O)C(=O)[C@H]45)[C@H]23)ccc1O. The first-order valence-electron chi connectivity index (χ1n) is 11.6. The standard InChI is InChI=1S/C24H24N2O7S2/c1-33-13-7-9(4-5-12(13)27)15-16-10-8-11(19(16)34-21-20(15)35-24(32)25-21)18-17(10)22(30)26(23(18)31)6-2-3-14(28)29/h4-5,7,10-11,15-19,27H,2-3,6,8H2,1H3,(H,25,32)(H,28,29)/t10-,11+,15-,16+,17+,18+,19+/m0/s1. The number of carboxylic acid groups (broad SMARTS) is 1. The average molecular weight is 517 g/mol. The number of aromatic hydroxyl groups is 1. The Morgan fingerprint density at radius 1 is 1.20 bits per heavy atom. The summed E-state index contributed by atoms with van der Waals surface area (Å²) in [6.07, 6.45) is 0.944. The van der Waals surface area contributed by atoms with Crippen molar-refractivity contribution in [3.63, 3.8) is 0 Å². The summed E-state index contributed by atoms with van der Waals surface area (Å²) in [4.78, 5) is 55.0. The molecule has 3 heterocycles. The summed E-state index contributed by atoms with van der Waals surface area (Å²) in [5, 5.41) is 20.0. The first-order valence-corrected chi connectivity index (χ1v) is 13.3. The molecular formula is C24H24N2O7S2. The molecule has 11 heteroatoms. The smallest absolute Gasteiger partial charge is 0.305 e. The summed E-state index contributed by atoms with van der Waals surface area (Å²) in [6.45, 7) is 0.137. The van der Waals surface area contributed by atoms with Crippen LogP contribution in [-0.2, 0) is 14.4 Å². The van der Waals surface area contributed by atoms with Gasteiger partial charge in [-0.2, -0.15) is 0 Å². The Balaban J connectivity index is 1.39. The van der Waals surface area contributed by atoms with Crippen molar-refractivity contribution < 1.29 is 29.3 Å². The monoisotopic (exact) mass is 516 g/mol. The number of aromatic nitrogens is 1. The van der Waals surface area contributed by atoms with Crippen LogP contribution in [0.5, 0.6) is 11.5 Å². The molecule has 3 N–H and O–H groups in total. The number of thioether (sulfide) groups is 1. The first kappa shape index (κ1) is 22.7. The summed E-state index contributed by atoms with van der Waals surface area (Å²) in [5.41, 5.74) is 0.908. The van der Waals surface area contributed by atoms with Crippen LogP contribution in [0.4, 0.5) is 0 Å². The number of thiazole rings is 1. The highest BCUT2D eigenvalue weighted by atomic mass is 32.2. The number of rotatable bonds is 6. The number of phenols is 1. The predicted octanol–water partition coefficient (Wildman–Crippen LogP) is 2.49. The molecule has 3 fully saturated rings. The van der Waals surface area contributed by atoms with E-state index in [9.17, 15) is 24.3 Å². The highest BCUT2D eigenvalue weighted by Crippen LogP contribution is 2.68. The molecule has 0 radical (unpaired) electrons. The quantitative estimate of drug-likeness (QED) is 0.498. The number of aliphatic carboxylic acids is 1. The number of nitrogens with zero attached hydrogens (tertiary/aromatic N) is 1. The molecule has 2 aliphatic carbocycles. The molecule has 4 aliphatic rings. The molecule has 6 rings (SSSR count). The van der Waals surface area contributed by atoms with E-state index < -0.39 is 11.9 Å². The Bertz CT molecular complexity index is 1300. The van der Waals surface area contributed by atoms with Gasteiger partial charge in [-0.05, 0) is 48.3 Å². The number of imide groups is 1. The maximum absolute atomic E-state index is 13.4. The van der Waals surface area contributed by atoms with Crippen LogP contribution >= 0.6 is 23.1 Å². The van der Waals surface area contributed by atoms with E-state index in [1.54, 1.807) is 23.9 Å². The number of nitrogens with one attached hydrogen (secondary N) is 1. The van der Waals surface area contributed by atoms with Gasteiger partial charge in [0.25, 0.3) is 0 Å². The van der Waals surface area contributed by atoms with Crippen molar-refractivity contribution in [2.24, 2.45) is 29.6 Å². The van der Waals surface area contributed by atoms with Crippen LogP contribution in [0.1, 0.15) is 35.6 Å². The number of H-pyrrole nitrogens is 1. The van der Waals surface area contributed by atoms with Gasteiger partial charge < -0.3 is 19.9 Å². The molecule has 2 bridgehead atoms. The highest BCUT2D eigenvalue weighted by Gasteiger charge is 2.69. The van der Waals surface area contributed by atoms with Crippen LogP contribution in [0.25, 0.3) is 0 Å². The maximum Gasteiger partial charge on any atom is 0.305 e. The van der Waals surface area contributed by atoms with Crippen molar-refractivity contribution in [3.8, 4) is 11.5 Å². The Morgan fingerprint density at radius 3 is 2.66 bits per heavy atom. The molecule has 35 heavy (non-hydrogen) atoms. The molecule has 2 aromatic rings. The second-order valence-corrected chi connectivity index (χ2v) is 11.9. The van der Waals surface area contributed by atoms with E-state index in [-0.39, 0.29) is 76.7 Å². The minimum absolute atomic E-state index is 0.0130. The molecule has 2 aliphatic heterocycles. The zero-order valence-electron chi connectivity index (χ0n) is 18.8. The van der Waals surface area contributed by atoms with Crippen molar-refractivity contribution >= 4 is 40.9 Å². The van der Waals surface area contributed by atoms with Gasteiger partial charge in [-0.1, -0.05) is 17.4 Å². The summed E-state index contributed by atoms with van der Waals surface area (Å²) < 4.78 is 5.34. The van der Waals surface area contributed by atoms with Crippen molar-refractivity contribution in [2.45, 2.75) is 35.5 Å². The fourth-order valence-corrected chi connectivity index (χ4v) is 9.84. The molecule has 2 saturated carbocycles. The van der Waals surface area contributed by atoms with Crippen LogP contribution < -0.4 is 9.61 Å². The number of phenolic OH excluding ortho intramolecular Hbond substituents is 1. The molecule has 1 saturated heterocycles. The highest BCUT2D eigenvalue weighted by molar-refractivity contribution is 8.00. The van der Waals surface area contributed by atoms with E-state index in [0.717, 1.165) is 21.9 Å². The Kier molecular flexibility index (Phi) is 5.26.